The van der Waals surface area contributed by atoms with E-state index in [-0.39, 0.29) is 0 Å². The van der Waals surface area contributed by atoms with Crippen molar-refractivity contribution in [2.45, 2.75) is 52.1 Å². The summed E-state index contributed by atoms with van der Waals surface area (Å²) in [7, 11) is 1.70. The van der Waals surface area contributed by atoms with Gasteiger partial charge in [-0.05, 0) is 32.6 Å². The second-order valence-electron chi connectivity index (χ2n) is 5.35. The van der Waals surface area contributed by atoms with Gasteiger partial charge in [-0.25, -0.2) is 0 Å². The van der Waals surface area contributed by atoms with Crippen LogP contribution < -0.4 is 10.1 Å². The van der Waals surface area contributed by atoms with E-state index in [1.165, 1.54) is 25.7 Å². The lowest BCUT2D eigenvalue weighted by atomic mass is 10.00. The van der Waals surface area contributed by atoms with Crippen molar-refractivity contribution in [3.8, 4) is 5.75 Å². The predicted molar refractivity (Wildman–Crippen MR) is 73.8 cm³/mol. The quantitative estimate of drug-likeness (QED) is 0.869. The first-order valence-electron chi connectivity index (χ1n) is 6.94. The molecule has 1 aliphatic rings. The van der Waals surface area contributed by atoms with Gasteiger partial charge in [-0.2, -0.15) is 0 Å². The van der Waals surface area contributed by atoms with E-state index in [0.29, 0.717) is 6.04 Å². The van der Waals surface area contributed by atoms with Gasteiger partial charge < -0.3 is 10.1 Å². The molecule has 0 radical (unpaired) electrons. The molecule has 0 bridgehead atoms. The fourth-order valence-corrected chi connectivity index (χ4v) is 2.80. The van der Waals surface area contributed by atoms with Crippen molar-refractivity contribution in [1.82, 2.24) is 10.3 Å². The molecule has 1 N–H and O–H groups in total. The number of hydrogen-bond donors (Lipinski definition) is 1. The minimum Gasteiger partial charge on any atom is -0.497 e. The fourth-order valence-electron chi connectivity index (χ4n) is 2.80. The lowest BCUT2D eigenvalue weighted by Gasteiger charge is -2.20. The van der Waals surface area contributed by atoms with Gasteiger partial charge in [0.2, 0.25) is 0 Å². The molecule has 0 aromatic carbocycles. The van der Waals surface area contributed by atoms with Crippen LogP contribution in [0.1, 0.15) is 44.0 Å². The molecule has 0 spiro atoms. The lowest BCUT2D eigenvalue weighted by Crippen LogP contribution is -2.32. The average molecular weight is 248 g/mol. The average Bonchev–Trinajstić information content (AvgIpc) is 2.89. The van der Waals surface area contributed by atoms with Crippen molar-refractivity contribution in [1.29, 1.82) is 0 Å². The first kappa shape index (κ1) is 13.3. The highest BCUT2D eigenvalue weighted by Crippen LogP contribution is 2.27. The Morgan fingerprint density at radius 1 is 1.39 bits per heavy atom. The molecule has 1 atom stereocenters. The molecule has 18 heavy (non-hydrogen) atoms. The van der Waals surface area contributed by atoms with Gasteiger partial charge in [-0.3, -0.25) is 4.98 Å². The Labute approximate surface area is 110 Å². The molecule has 1 fully saturated rings. The van der Waals surface area contributed by atoms with E-state index in [4.69, 9.17) is 4.74 Å². The molecule has 1 saturated carbocycles. The van der Waals surface area contributed by atoms with Crippen LogP contribution in [0.3, 0.4) is 0 Å². The number of nitrogens with one attached hydrogen (secondary N) is 1. The second kappa shape index (κ2) is 6.19. The molecule has 1 aromatic rings. The second-order valence-corrected chi connectivity index (χ2v) is 5.35. The van der Waals surface area contributed by atoms with Gasteiger partial charge in [0.25, 0.3) is 0 Å². The minimum absolute atomic E-state index is 0.584. The minimum atomic E-state index is 0.584. The Morgan fingerprint density at radius 2 is 2.11 bits per heavy atom. The smallest absolute Gasteiger partial charge is 0.122 e. The third-order valence-corrected chi connectivity index (χ3v) is 3.93. The fraction of sp³-hybridized carbons (Fsp3) is 0.667. The SMILES string of the molecule is COc1cc(C)nc(CNC(C)C2CCCC2)c1. The molecule has 0 aliphatic heterocycles. The molecular weight excluding hydrogens is 224 g/mol. The van der Waals surface area contributed by atoms with E-state index < -0.39 is 0 Å². The maximum absolute atomic E-state index is 5.27. The van der Waals surface area contributed by atoms with Crippen LogP contribution in [0.4, 0.5) is 0 Å². The summed E-state index contributed by atoms with van der Waals surface area (Å²) in [5.74, 6) is 1.74. The van der Waals surface area contributed by atoms with Gasteiger partial charge in [0.1, 0.15) is 5.75 Å². The third kappa shape index (κ3) is 3.45. The lowest BCUT2D eigenvalue weighted by molar-refractivity contribution is 0.377. The molecule has 3 nitrogen and oxygen atoms in total. The van der Waals surface area contributed by atoms with Crippen molar-refractivity contribution in [3.63, 3.8) is 0 Å². The number of aryl methyl sites for hydroxylation is 1. The summed E-state index contributed by atoms with van der Waals surface area (Å²) in [6.45, 7) is 5.13. The molecule has 1 aromatic heterocycles. The van der Waals surface area contributed by atoms with Crippen LogP contribution in [0.15, 0.2) is 12.1 Å². The summed E-state index contributed by atoms with van der Waals surface area (Å²) < 4.78 is 5.27. The summed E-state index contributed by atoms with van der Waals surface area (Å²) in [6.07, 6.45) is 5.54. The molecule has 1 aliphatic carbocycles. The molecule has 100 valence electrons. The molecule has 1 unspecified atom stereocenters. The summed E-state index contributed by atoms with van der Waals surface area (Å²) in [5.41, 5.74) is 2.08. The first-order valence-corrected chi connectivity index (χ1v) is 6.94. The zero-order valence-electron chi connectivity index (χ0n) is 11.7. The summed E-state index contributed by atoms with van der Waals surface area (Å²) in [6, 6.07) is 4.56. The van der Waals surface area contributed by atoms with E-state index in [2.05, 4.69) is 17.2 Å². The molecule has 3 heteroatoms. The van der Waals surface area contributed by atoms with E-state index in [0.717, 1.165) is 29.6 Å². The van der Waals surface area contributed by atoms with Crippen molar-refractivity contribution in [2.75, 3.05) is 7.11 Å². The number of nitrogens with zero attached hydrogens (tertiary/aromatic N) is 1. The maximum Gasteiger partial charge on any atom is 0.122 e. The molecular formula is C15H24N2O. The molecule has 2 rings (SSSR count). The Morgan fingerprint density at radius 3 is 2.78 bits per heavy atom. The Kier molecular flexibility index (Phi) is 4.59. The summed E-state index contributed by atoms with van der Waals surface area (Å²) >= 11 is 0. The standard InChI is InChI=1S/C15H24N2O/c1-11-8-15(18-3)9-14(17-11)10-16-12(2)13-6-4-5-7-13/h8-9,12-13,16H,4-7,10H2,1-3H3. The van der Waals surface area contributed by atoms with Crippen LogP contribution >= 0.6 is 0 Å². The monoisotopic (exact) mass is 248 g/mol. The number of rotatable bonds is 5. The Balaban J connectivity index is 1.90. The zero-order chi connectivity index (χ0) is 13.0. The third-order valence-electron chi connectivity index (χ3n) is 3.93. The van der Waals surface area contributed by atoms with E-state index in [9.17, 15) is 0 Å². The van der Waals surface area contributed by atoms with Crippen molar-refractivity contribution in [2.24, 2.45) is 5.92 Å². The number of methoxy groups -OCH3 is 1. The maximum atomic E-state index is 5.27. The summed E-state index contributed by atoms with van der Waals surface area (Å²) in [5, 5.41) is 3.60. The highest BCUT2D eigenvalue weighted by atomic mass is 16.5. The van der Waals surface area contributed by atoms with Crippen molar-refractivity contribution >= 4 is 0 Å². The van der Waals surface area contributed by atoms with Gasteiger partial charge in [0.05, 0.1) is 12.8 Å². The highest BCUT2D eigenvalue weighted by Gasteiger charge is 2.20. The van der Waals surface area contributed by atoms with Gasteiger partial charge in [0.15, 0.2) is 0 Å². The predicted octanol–water partition coefficient (Wildman–Crippen LogP) is 3.07. The van der Waals surface area contributed by atoms with Gasteiger partial charge in [-0.1, -0.05) is 12.8 Å². The molecule has 0 amide bonds. The van der Waals surface area contributed by atoms with E-state index in [1.54, 1.807) is 7.11 Å². The van der Waals surface area contributed by atoms with Crippen LogP contribution in [0.25, 0.3) is 0 Å². The van der Waals surface area contributed by atoms with Crippen molar-refractivity contribution < 1.29 is 4.74 Å². The topological polar surface area (TPSA) is 34.1 Å². The number of ether oxygens (including phenoxy) is 1. The molecule has 1 heterocycles. The Hall–Kier alpha value is -1.09. The van der Waals surface area contributed by atoms with Crippen LogP contribution in [-0.2, 0) is 6.54 Å². The van der Waals surface area contributed by atoms with Crippen LogP contribution in [-0.4, -0.2) is 18.1 Å². The van der Waals surface area contributed by atoms with Crippen molar-refractivity contribution in [3.05, 3.63) is 23.5 Å². The normalized spacial score (nSPS) is 17.9. The number of hydrogen-bond acceptors (Lipinski definition) is 3. The summed E-state index contributed by atoms with van der Waals surface area (Å²) in [4.78, 5) is 4.54. The number of aromatic nitrogens is 1. The van der Waals surface area contributed by atoms with E-state index in [1.807, 2.05) is 19.1 Å². The molecule has 0 saturated heterocycles. The first-order chi connectivity index (χ1) is 8.69. The van der Waals surface area contributed by atoms with Crippen LogP contribution in [0.5, 0.6) is 5.75 Å². The Bertz CT molecular complexity index is 386. The van der Waals surface area contributed by atoms with Crippen LogP contribution in [0, 0.1) is 12.8 Å². The van der Waals surface area contributed by atoms with E-state index >= 15 is 0 Å². The van der Waals surface area contributed by atoms with Gasteiger partial charge in [0, 0.05) is 30.4 Å². The van der Waals surface area contributed by atoms with Gasteiger partial charge in [-0.15, -0.1) is 0 Å². The largest absolute Gasteiger partial charge is 0.497 e. The van der Waals surface area contributed by atoms with Crippen LogP contribution in [0.2, 0.25) is 0 Å². The zero-order valence-corrected chi connectivity index (χ0v) is 11.7. The number of pyridine rings is 1. The van der Waals surface area contributed by atoms with Gasteiger partial charge >= 0.3 is 0 Å². The highest BCUT2D eigenvalue weighted by molar-refractivity contribution is 5.26.